The van der Waals surface area contributed by atoms with Gasteiger partial charge in [0.1, 0.15) is 0 Å². The molecule has 1 aromatic heterocycles. The van der Waals surface area contributed by atoms with Gasteiger partial charge >= 0.3 is 5.97 Å². The molecule has 5 nitrogen and oxygen atoms in total. The van der Waals surface area contributed by atoms with Crippen molar-refractivity contribution in [3.8, 4) is 0 Å². The maximum absolute atomic E-state index is 11.0. The van der Waals surface area contributed by atoms with E-state index in [2.05, 4.69) is 14.7 Å². The Labute approximate surface area is 99.4 Å². The monoisotopic (exact) mass is 233 g/mol. The van der Waals surface area contributed by atoms with Gasteiger partial charge in [-0.25, -0.2) is 4.98 Å². The molecule has 0 spiro atoms. The van der Waals surface area contributed by atoms with Gasteiger partial charge in [-0.3, -0.25) is 4.79 Å². The van der Waals surface area contributed by atoms with Crippen LogP contribution in [-0.4, -0.2) is 36.6 Å². The Morgan fingerprint density at radius 2 is 2.24 bits per heavy atom. The Balaban J connectivity index is 2.08. The maximum Gasteiger partial charge on any atom is 0.307 e. The summed E-state index contributed by atoms with van der Waals surface area (Å²) in [5, 5.41) is 0. The van der Waals surface area contributed by atoms with Crippen molar-refractivity contribution in [2.45, 2.75) is 6.42 Å². The second-order valence-electron chi connectivity index (χ2n) is 3.83. The molecule has 0 aliphatic rings. The molecule has 0 saturated heterocycles. The number of carbonyl (C=O) groups is 1. The average Bonchev–Trinajstić information content (AvgIpc) is 2.79. The van der Waals surface area contributed by atoms with Crippen molar-refractivity contribution in [1.82, 2.24) is 9.97 Å². The Kier molecular flexibility index (Phi) is 3.27. The van der Waals surface area contributed by atoms with E-state index >= 15 is 0 Å². The highest BCUT2D eigenvalue weighted by Gasteiger charge is 2.09. The number of ether oxygens (including phenoxy) is 1. The average molecular weight is 233 g/mol. The molecule has 1 aromatic carbocycles. The number of H-pyrrole nitrogens is 1. The van der Waals surface area contributed by atoms with Gasteiger partial charge in [-0.15, -0.1) is 0 Å². The molecule has 0 amide bonds. The maximum atomic E-state index is 11.0. The van der Waals surface area contributed by atoms with Crippen molar-refractivity contribution in [3.05, 3.63) is 24.3 Å². The lowest BCUT2D eigenvalue weighted by Crippen LogP contribution is -2.22. The summed E-state index contributed by atoms with van der Waals surface area (Å²) in [5.41, 5.74) is 1.92. The van der Waals surface area contributed by atoms with Crippen LogP contribution in [0.3, 0.4) is 0 Å². The first kappa shape index (κ1) is 11.4. The van der Waals surface area contributed by atoms with Gasteiger partial charge in [-0.1, -0.05) is 12.1 Å². The van der Waals surface area contributed by atoms with Crippen molar-refractivity contribution in [3.63, 3.8) is 0 Å². The predicted molar refractivity (Wildman–Crippen MR) is 66.0 cm³/mol. The van der Waals surface area contributed by atoms with E-state index in [0.29, 0.717) is 13.0 Å². The number of aromatic amines is 1. The van der Waals surface area contributed by atoms with Crippen molar-refractivity contribution >= 4 is 23.0 Å². The summed E-state index contributed by atoms with van der Waals surface area (Å²) in [6.45, 7) is 0.576. The van der Waals surface area contributed by atoms with Gasteiger partial charge in [-0.2, -0.15) is 0 Å². The minimum Gasteiger partial charge on any atom is -0.469 e. The zero-order chi connectivity index (χ0) is 12.3. The van der Waals surface area contributed by atoms with Crippen LogP contribution < -0.4 is 4.90 Å². The minimum absolute atomic E-state index is 0.215. The van der Waals surface area contributed by atoms with Crippen LogP contribution in [0, 0.1) is 0 Å². The molecule has 0 aliphatic heterocycles. The van der Waals surface area contributed by atoms with Crippen molar-refractivity contribution in [2.24, 2.45) is 0 Å². The second kappa shape index (κ2) is 4.86. The van der Waals surface area contributed by atoms with E-state index in [4.69, 9.17) is 0 Å². The minimum atomic E-state index is -0.215. The molecular weight excluding hydrogens is 218 g/mol. The lowest BCUT2D eigenvalue weighted by molar-refractivity contribution is -0.140. The molecule has 90 valence electrons. The number of rotatable bonds is 4. The van der Waals surface area contributed by atoms with Crippen LogP contribution in [0.1, 0.15) is 6.42 Å². The van der Waals surface area contributed by atoms with Gasteiger partial charge in [0.05, 0.1) is 24.6 Å². The van der Waals surface area contributed by atoms with Crippen LogP contribution in [-0.2, 0) is 9.53 Å². The number of hydrogen-bond donors (Lipinski definition) is 1. The summed E-state index contributed by atoms with van der Waals surface area (Å²) in [5.74, 6) is 0.545. The topological polar surface area (TPSA) is 58.2 Å². The zero-order valence-corrected chi connectivity index (χ0v) is 9.93. The van der Waals surface area contributed by atoms with Crippen LogP contribution in [0.5, 0.6) is 0 Å². The second-order valence-corrected chi connectivity index (χ2v) is 3.83. The molecular formula is C12H15N3O2. The summed E-state index contributed by atoms with van der Waals surface area (Å²) in [6, 6.07) is 7.82. The van der Waals surface area contributed by atoms with E-state index in [-0.39, 0.29) is 5.97 Å². The molecule has 0 saturated carbocycles. The van der Waals surface area contributed by atoms with Crippen LogP contribution >= 0.6 is 0 Å². The molecule has 0 radical (unpaired) electrons. The number of anilines is 1. The van der Waals surface area contributed by atoms with Crippen LogP contribution in [0.25, 0.3) is 11.0 Å². The molecule has 5 heteroatoms. The van der Waals surface area contributed by atoms with Gasteiger partial charge in [0.15, 0.2) is 0 Å². The lowest BCUT2D eigenvalue weighted by atomic mass is 10.3. The highest BCUT2D eigenvalue weighted by molar-refractivity contribution is 5.77. The van der Waals surface area contributed by atoms with E-state index in [1.807, 2.05) is 36.2 Å². The molecule has 0 aliphatic carbocycles. The van der Waals surface area contributed by atoms with E-state index in [9.17, 15) is 4.79 Å². The smallest absolute Gasteiger partial charge is 0.307 e. The largest absolute Gasteiger partial charge is 0.469 e. The molecule has 1 heterocycles. The number of fused-ring (bicyclic) bond motifs is 1. The van der Waals surface area contributed by atoms with E-state index in [1.54, 1.807) is 0 Å². The lowest BCUT2D eigenvalue weighted by Gasteiger charge is -2.14. The number of nitrogens with one attached hydrogen (secondary N) is 1. The number of benzene rings is 1. The summed E-state index contributed by atoms with van der Waals surface area (Å²) in [4.78, 5) is 20.6. The van der Waals surface area contributed by atoms with E-state index in [0.717, 1.165) is 17.0 Å². The van der Waals surface area contributed by atoms with Gasteiger partial charge in [-0.05, 0) is 12.1 Å². The van der Waals surface area contributed by atoms with Crippen molar-refractivity contribution in [1.29, 1.82) is 0 Å². The fraction of sp³-hybridized carbons (Fsp3) is 0.333. The Morgan fingerprint density at radius 1 is 1.47 bits per heavy atom. The third-order valence-corrected chi connectivity index (χ3v) is 2.62. The number of carbonyl (C=O) groups excluding carboxylic acids is 1. The molecule has 0 bridgehead atoms. The molecule has 0 unspecified atom stereocenters. The standard InChI is InChI=1S/C12H15N3O2/c1-15(8-7-11(16)17-2)12-13-9-5-3-4-6-10(9)14-12/h3-6H,7-8H2,1-2H3,(H,13,14). The normalized spacial score (nSPS) is 10.5. The summed E-state index contributed by atoms with van der Waals surface area (Å²) in [6.07, 6.45) is 0.351. The quantitative estimate of drug-likeness (QED) is 0.814. The third-order valence-electron chi connectivity index (χ3n) is 2.62. The molecule has 2 aromatic rings. The van der Waals surface area contributed by atoms with E-state index < -0.39 is 0 Å². The summed E-state index contributed by atoms with van der Waals surface area (Å²) in [7, 11) is 3.28. The van der Waals surface area contributed by atoms with Gasteiger partial charge < -0.3 is 14.6 Å². The highest BCUT2D eigenvalue weighted by Crippen LogP contribution is 2.15. The van der Waals surface area contributed by atoms with Crippen LogP contribution in [0.4, 0.5) is 5.95 Å². The van der Waals surface area contributed by atoms with Gasteiger partial charge in [0, 0.05) is 13.6 Å². The molecule has 0 atom stereocenters. The van der Waals surface area contributed by atoms with Crippen LogP contribution in [0.15, 0.2) is 24.3 Å². The number of methoxy groups -OCH3 is 1. The van der Waals surface area contributed by atoms with Crippen LogP contribution in [0.2, 0.25) is 0 Å². The number of imidazole rings is 1. The first-order valence-corrected chi connectivity index (χ1v) is 5.43. The number of para-hydroxylation sites is 2. The van der Waals surface area contributed by atoms with E-state index in [1.165, 1.54) is 7.11 Å². The van der Waals surface area contributed by atoms with Crippen molar-refractivity contribution in [2.75, 3.05) is 25.6 Å². The first-order valence-electron chi connectivity index (χ1n) is 5.43. The summed E-state index contributed by atoms with van der Waals surface area (Å²) < 4.78 is 4.60. The fourth-order valence-electron chi connectivity index (χ4n) is 1.59. The Bertz CT molecular complexity index is 488. The molecule has 17 heavy (non-hydrogen) atoms. The predicted octanol–water partition coefficient (Wildman–Crippen LogP) is 1.56. The Hall–Kier alpha value is -2.04. The fourth-order valence-corrected chi connectivity index (χ4v) is 1.59. The Morgan fingerprint density at radius 3 is 2.94 bits per heavy atom. The molecule has 2 rings (SSSR count). The van der Waals surface area contributed by atoms with Gasteiger partial charge in [0.2, 0.25) is 5.95 Å². The first-order chi connectivity index (χ1) is 8.20. The highest BCUT2D eigenvalue weighted by atomic mass is 16.5. The number of hydrogen-bond acceptors (Lipinski definition) is 4. The summed E-state index contributed by atoms with van der Waals surface area (Å²) >= 11 is 0. The SMILES string of the molecule is COC(=O)CCN(C)c1nc2ccccc2[nH]1. The number of esters is 1. The number of aromatic nitrogens is 2. The van der Waals surface area contributed by atoms with Gasteiger partial charge in [0.25, 0.3) is 0 Å². The van der Waals surface area contributed by atoms with Crippen molar-refractivity contribution < 1.29 is 9.53 Å². The molecule has 0 fully saturated rings. The third kappa shape index (κ3) is 2.55. The number of nitrogens with zero attached hydrogens (tertiary/aromatic N) is 2. The molecule has 1 N–H and O–H groups in total. The zero-order valence-electron chi connectivity index (χ0n) is 9.93.